The molecule has 0 radical (unpaired) electrons. The minimum atomic E-state index is -0.675. The van der Waals surface area contributed by atoms with Gasteiger partial charge in [0, 0.05) is 43.2 Å². The first-order valence-corrected chi connectivity index (χ1v) is 7.19. The summed E-state index contributed by atoms with van der Waals surface area (Å²) in [6.07, 6.45) is 3.10. The fourth-order valence-electron chi connectivity index (χ4n) is 2.13. The number of amides is 1. The van der Waals surface area contributed by atoms with Gasteiger partial charge in [-0.3, -0.25) is 4.79 Å². The summed E-state index contributed by atoms with van der Waals surface area (Å²) >= 11 is 0. The molecule has 0 spiro atoms. The highest BCUT2D eigenvalue weighted by Crippen LogP contribution is 2.06. The van der Waals surface area contributed by atoms with E-state index in [1.54, 1.807) is 0 Å². The van der Waals surface area contributed by atoms with E-state index in [-0.39, 0.29) is 18.9 Å². The number of carbonyl (C=O) groups is 1. The summed E-state index contributed by atoms with van der Waals surface area (Å²) in [7, 11) is 0. The Kier molecular flexibility index (Phi) is 5.53. The molecule has 0 bridgehead atoms. The van der Waals surface area contributed by atoms with Crippen molar-refractivity contribution in [1.29, 1.82) is 0 Å². The minimum Gasteiger partial charge on any atom is -0.390 e. The van der Waals surface area contributed by atoms with E-state index >= 15 is 0 Å². The molecular weight excluding hydrogens is 290 g/mol. The zero-order valence-corrected chi connectivity index (χ0v) is 12.4. The van der Waals surface area contributed by atoms with E-state index in [2.05, 4.69) is 32.4 Å². The van der Waals surface area contributed by atoms with Crippen LogP contribution in [0.5, 0.6) is 0 Å². The molecule has 1 aliphatic rings. The number of piperidine rings is 1. The van der Waals surface area contributed by atoms with Gasteiger partial charge in [-0.1, -0.05) is 11.9 Å². The summed E-state index contributed by atoms with van der Waals surface area (Å²) in [4.78, 5) is 27.3. The van der Waals surface area contributed by atoms with E-state index in [9.17, 15) is 14.9 Å². The lowest BCUT2D eigenvalue weighted by Crippen LogP contribution is -2.34. The summed E-state index contributed by atoms with van der Waals surface area (Å²) in [6.45, 7) is 5.31. The third-order valence-electron chi connectivity index (χ3n) is 3.47. The van der Waals surface area contributed by atoms with Crippen LogP contribution in [-0.4, -0.2) is 55.8 Å². The van der Waals surface area contributed by atoms with Crippen molar-refractivity contribution in [2.45, 2.75) is 32.7 Å². The number of rotatable bonds is 6. The van der Waals surface area contributed by atoms with E-state index in [0.717, 1.165) is 38.2 Å². The van der Waals surface area contributed by atoms with Gasteiger partial charge in [-0.25, -0.2) is 5.43 Å². The first kappa shape index (κ1) is 16.0. The molecule has 2 rings (SSSR count). The molecule has 1 aromatic heterocycles. The van der Waals surface area contributed by atoms with Gasteiger partial charge in [0.1, 0.15) is 0 Å². The third kappa shape index (κ3) is 4.58. The van der Waals surface area contributed by atoms with Gasteiger partial charge in [0.15, 0.2) is 0 Å². The monoisotopic (exact) mass is 309 g/mol. The molecule has 0 saturated carbocycles. The maximum atomic E-state index is 11.7. The lowest BCUT2D eigenvalue weighted by Gasteiger charge is -2.25. The average Bonchev–Trinajstić information content (AvgIpc) is 3.00. The molecule has 1 aliphatic heterocycles. The third-order valence-corrected chi connectivity index (χ3v) is 3.47. The Bertz CT molecular complexity index is 559. The highest BCUT2D eigenvalue weighted by molar-refractivity contribution is 5.87. The van der Waals surface area contributed by atoms with Crippen LogP contribution in [0.3, 0.4) is 0 Å². The molecule has 0 atom stereocenters. The predicted octanol–water partition coefficient (Wildman–Crippen LogP) is 0.164. The predicted molar refractivity (Wildman–Crippen MR) is 78.2 cm³/mol. The lowest BCUT2D eigenvalue weighted by molar-refractivity contribution is -0.394. The van der Waals surface area contributed by atoms with Crippen molar-refractivity contribution < 1.29 is 9.72 Å². The molecule has 1 aromatic rings. The van der Waals surface area contributed by atoms with E-state index in [4.69, 9.17) is 0 Å². The van der Waals surface area contributed by atoms with Crippen molar-refractivity contribution in [1.82, 2.24) is 25.1 Å². The quantitative estimate of drug-likeness (QED) is 0.591. The Hall–Kier alpha value is -2.36. The fourth-order valence-corrected chi connectivity index (χ4v) is 2.13. The zero-order valence-electron chi connectivity index (χ0n) is 12.4. The van der Waals surface area contributed by atoms with Crippen molar-refractivity contribution >= 4 is 17.6 Å². The normalized spacial score (nSPS) is 15.6. The van der Waals surface area contributed by atoms with Gasteiger partial charge in [0.25, 0.3) is 0 Å². The summed E-state index contributed by atoms with van der Waals surface area (Å²) in [6, 6.07) is 0. The molecule has 0 aromatic carbocycles. The van der Waals surface area contributed by atoms with Crippen molar-refractivity contribution in [3.63, 3.8) is 0 Å². The molecule has 1 amide bonds. The second-order valence-electron chi connectivity index (χ2n) is 4.96. The van der Waals surface area contributed by atoms with Crippen molar-refractivity contribution in [3.05, 3.63) is 16.4 Å². The summed E-state index contributed by atoms with van der Waals surface area (Å²) in [5, 5.41) is 18.2. The first-order valence-electron chi connectivity index (χ1n) is 7.19. The number of carbonyl (C=O) groups excluding carboxylic acids is 1. The number of hydrogen-bond donors (Lipinski definition) is 1. The standard InChI is InChI=1S/C12H19N7O3/c1-2-17-6-3-10(4-7-17)14-15-11(20)5-8-18-9-13-12(16-18)19(21)22/h9H,2-8H2,1H3,(H,15,20). The molecule has 22 heavy (non-hydrogen) atoms. The number of hydrazone groups is 1. The molecule has 10 heteroatoms. The van der Waals surface area contributed by atoms with Crippen LogP contribution in [0.1, 0.15) is 26.2 Å². The number of nitro groups is 1. The second-order valence-corrected chi connectivity index (χ2v) is 4.96. The molecule has 0 unspecified atom stereocenters. The van der Waals surface area contributed by atoms with Crippen LogP contribution in [0.15, 0.2) is 11.4 Å². The van der Waals surface area contributed by atoms with Crippen LogP contribution >= 0.6 is 0 Å². The van der Waals surface area contributed by atoms with Crippen molar-refractivity contribution in [2.75, 3.05) is 19.6 Å². The Morgan fingerprint density at radius 1 is 1.50 bits per heavy atom. The van der Waals surface area contributed by atoms with Crippen LogP contribution in [0.2, 0.25) is 0 Å². The van der Waals surface area contributed by atoms with Gasteiger partial charge in [0.2, 0.25) is 12.2 Å². The molecule has 0 aliphatic carbocycles. The summed E-state index contributed by atoms with van der Waals surface area (Å²) in [5.41, 5.74) is 3.52. The summed E-state index contributed by atoms with van der Waals surface area (Å²) < 4.78 is 1.27. The Labute approximate surface area is 127 Å². The van der Waals surface area contributed by atoms with Gasteiger partial charge in [-0.2, -0.15) is 9.78 Å². The Balaban J connectivity index is 1.72. The highest BCUT2D eigenvalue weighted by atomic mass is 16.6. The van der Waals surface area contributed by atoms with Crippen LogP contribution in [-0.2, 0) is 11.3 Å². The average molecular weight is 309 g/mol. The van der Waals surface area contributed by atoms with Crippen LogP contribution < -0.4 is 5.43 Å². The molecule has 1 N–H and O–H groups in total. The van der Waals surface area contributed by atoms with E-state index in [1.165, 1.54) is 11.0 Å². The van der Waals surface area contributed by atoms with Crippen molar-refractivity contribution in [2.24, 2.45) is 5.10 Å². The van der Waals surface area contributed by atoms with Gasteiger partial charge in [0.05, 0.1) is 6.54 Å². The number of nitrogens with one attached hydrogen (secondary N) is 1. The second kappa shape index (κ2) is 7.59. The molecule has 10 nitrogen and oxygen atoms in total. The van der Waals surface area contributed by atoms with Gasteiger partial charge in [-0.15, -0.1) is 0 Å². The van der Waals surface area contributed by atoms with E-state index in [0.29, 0.717) is 0 Å². The highest BCUT2D eigenvalue weighted by Gasteiger charge is 2.15. The Morgan fingerprint density at radius 2 is 2.23 bits per heavy atom. The SMILES string of the molecule is CCN1CCC(=NNC(=O)CCn2cnc([N+](=O)[O-])n2)CC1. The van der Waals surface area contributed by atoms with Crippen LogP contribution in [0.4, 0.5) is 5.95 Å². The molecule has 2 heterocycles. The van der Waals surface area contributed by atoms with Gasteiger partial charge in [-0.05, 0) is 11.5 Å². The maximum Gasteiger partial charge on any atom is 0.490 e. The zero-order chi connectivity index (χ0) is 15.9. The number of likely N-dealkylation sites (tertiary alicyclic amines) is 1. The van der Waals surface area contributed by atoms with E-state index in [1.807, 2.05) is 0 Å². The smallest absolute Gasteiger partial charge is 0.390 e. The largest absolute Gasteiger partial charge is 0.490 e. The fraction of sp³-hybridized carbons (Fsp3) is 0.667. The molecule has 1 fully saturated rings. The maximum absolute atomic E-state index is 11.7. The molecular formula is C12H19N7O3. The van der Waals surface area contributed by atoms with Crippen LogP contribution in [0.25, 0.3) is 0 Å². The number of aromatic nitrogens is 3. The van der Waals surface area contributed by atoms with E-state index < -0.39 is 10.9 Å². The molecule has 120 valence electrons. The topological polar surface area (TPSA) is 119 Å². The number of aryl methyl sites for hydroxylation is 1. The van der Waals surface area contributed by atoms with Gasteiger partial charge < -0.3 is 15.0 Å². The first-order chi connectivity index (χ1) is 10.6. The molecule has 1 saturated heterocycles. The summed E-state index contributed by atoms with van der Waals surface area (Å²) in [5.74, 6) is -0.716. The lowest BCUT2D eigenvalue weighted by atomic mass is 10.1. The minimum absolute atomic E-state index is 0.137. The van der Waals surface area contributed by atoms with Crippen LogP contribution in [0, 0.1) is 10.1 Å². The number of nitrogens with zero attached hydrogens (tertiary/aromatic N) is 6. The Morgan fingerprint density at radius 3 is 2.82 bits per heavy atom. The van der Waals surface area contributed by atoms with Crippen molar-refractivity contribution in [3.8, 4) is 0 Å². The number of hydrogen-bond acceptors (Lipinski definition) is 7. The van der Waals surface area contributed by atoms with Gasteiger partial charge >= 0.3 is 5.95 Å².